The van der Waals surface area contributed by atoms with Gasteiger partial charge in [-0.2, -0.15) is 0 Å². The van der Waals surface area contributed by atoms with Crippen LogP contribution in [0.3, 0.4) is 0 Å². The van der Waals surface area contributed by atoms with Crippen LogP contribution in [0.2, 0.25) is 0 Å². The van der Waals surface area contributed by atoms with Crippen LogP contribution < -0.4 is 14.0 Å². The van der Waals surface area contributed by atoms with E-state index < -0.39 is 13.9 Å². The topological polar surface area (TPSA) is 74.2 Å². The van der Waals surface area contributed by atoms with E-state index in [1.165, 1.54) is 22.3 Å². The van der Waals surface area contributed by atoms with E-state index in [1.54, 1.807) is 14.2 Å². The SMILES string of the molecule is COc1ccc(Cc2cc3c(c4c2OP(=O)(O)OC2C4=C4CCCCC4=CC2Cc2ccc(OC)cc2)CCCC3)cc1. The van der Waals surface area contributed by atoms with Crippen molar-refractivity contribution in [2.24, 2.45) is 5.92 Å². The third-order valence-corrected chi connectivity index (χ3v) is 10.4. The lowest BCUT2D eigenvalue weighted by molar-refractivity contribution is 0.148. The second-order valence-electron chi connectivity index (χ2n) is 12.2. The second-order valence-corrected chi connectivity index (χ2v) is 13.5. The van der Waals surface area contributed by atoms with E-state index in [9.17, 15) is 9.46 Å². The van der Waals surface area contributed by atoms with Crippen molar-refractivity contribution in [1.29, 1.82) is 0 Å². The summed E-state index contributed by atoms with van der Waals surface area (Å²) >= 11 is 0. The summed E-state index contributed by atoms with van der Waals surface area (Å²) in [5, 5.41) is 0. The minimum absolute atomic E-state index is 0.0974. The van der Waals surface area contributed by atoms with E-state index in [0.717, 1.165) is 90.7 Å². The molecule has 7 heteroatoms. The average molecular weight is 599 g/mol. The summed E-state index contributed by atoms with van der Waals surface area (Å²) in [6.07, 6.45) is 11.4. The Morgan fingerprint density at radius 2 is 1.51 bits per heavy atom. The van der Waals surface area contributed by atoms with Crippen LogP contribution in [0.5, 0.6) is 17.2 Å². The maximum absolute atomic E-state index is 13.8. The number of hydrogen-bond acceptors (Lipinski definition) is 5. The molecular weight excluding hydrogens is 559 g/mol. The van der Waals surface area contributed by atoms with Gasteiger partial charge in [0.05, 0.1) is 14.2 Å². The number of rotatable bonds is 6. The maximum Gasteiger partial charge on any atom is 0.528 e. The minimum Gasteiger partial charge on any atom is -0.497 e. The van der Waals surface area contributed by atoms with E-state index in [2.05, 4.69) is 36.4 Å². The molecule has 0 radical (unpaired) electrons. The molecule has 3 aromatic rings. The fourth-order valence-electron chi connectivity index (χ4n) is 7.49. The molecule has 1 aliphatic heterocycles. The molecule has 1 fully saturated rings. The molecule has 0 aromatic heterocycles. The van der Waals surface area contributed by atoms with Crippen molar-refractivity contribution in [3.63, 3.8) is 0 Å². The summed E-state index contributed by atoms with van der Waals surface area (Å²) in [7, 11) is -1.11. The minimum atomic E-state index is -4.44. The molecule has 0 spiro atoms. The predicted molar refractivity (Wildman–Crippen MR) is 168 cm³/mol. The molecule has 7 rings (SSSR count). The maximum atomic E-state index is 13.8. The number of phosphoric ester groups is 1. The predicted octanol–water partition coefficient (Wildman–Crippen LogP) is 8.18. The molecule has 1 N–H and O–H groups in total. The standard InChI is InChI=1S/C36H39O6P/c1-39-29-15-11-23(12-16-29)19-27-21-25-7-3-5-9-31(25)33-34-32-10-6-4-8-26(32)22-28(20-24-13-17-30(40-2)18-14-24)36(34)42-43(37,38)41-35(27)33/h11-18,21-22,27,35H,3-10,19-20H2,1-2H3,(H,37,38). The third kappa shape index (κ3) is 5.57. The van der Waals surface area contributed by atoms with Crippen molar-refractivity contribution in [2.45, 2.75) is 70.3 Å². The van der Waals surface area contributed by atoms with Gasteiger partial charge in [-0.1, -0.05) is 36.4 Å². The van der Waals surface area contributed by atoms with E-state index in [-0.39, 0.29) is 5.92 Å². The average Bonchev–Trinajstić information content (AvgIpc) is 3.16. The van der Waals surface area contributed by atoms with E-state index in [0.29, 0.717) is 18.6 Å². The number of aryl methyl sites for hydroxylation is 1. The fourth-order valence-corrected chi connectivity index (χ4v) is 8.52. The van der Waals surface area contributed by atoms with Gasteiger partial charge in [-0.05, 0) is 121 Å². The molecule has 0 amide bonds. The summed E-state index contributed by atoms with van der Waals surface area (Å²) in [5.74, 6) is 2.04. The molecule has 3 atom stereocenters. The summed E-state index contributed by atoms with van der Waals surface area (Å²) in [5.41, 5.74) is 10.5. The summed E-state index contributed by atoms with van der Waals surface area (Å²) in [6.45, 7) is 0. The first-order chi connectivity index (χ1) is 20.9. The van der Waals surface area contributed by atoms with Crippen LogP contribution in [0.1, 0.15) is 71.9 Å². The van der Waals surface area contributed by atoms with Gasteiger partial charge >= 0.3 is 7.82 Å². The Morgan fingerprint density at radius 1 is 0.860 bits per heavy atom. The summed E-state index contributed by atoms with van der Waals surface area (Å²) in [6, 6.07) is 18.3. The Kier molecular flexibility index (Phi) is 7.71. The molecule has 1 saturated carbocycles. The van der Waals surface area contributed by atoms with Gasteiger partial charge in [-0.3, -0.25) is 9.42 Å². The molecule has 1 heterocycles. The molecular formula is C36H39O6P. The summed E-state index contributed by atoms with van der Waals surface area (Å²) in [4.78, 5) is 11.3. The van der Waals surface area contributed by atoms with Gasteiger partial charge in [-0.25, -0.2) is 4.57 Å². The van der Waals surface area contributed by atoms with Gasteiger partial charge in [0, 0.05) is 23.5 Å². The van der Waals surface area contributed by atoms with Gasteiger partial charge < -0.3 is 14.0 Å². The van der Waals surface area contributed by atoms with Crippen LogP contribution in [0.25, 0.3) is 5.57 Å². The smallest absolute Gasteiger partial charge is 0.497 e. The van der Waals surface area contributed by atoms with Crippen molar-refractivity contribution >= 4 is 13.4 Å². The Labute approximate surface area is 254 Å². The summed E-state index contributed by atoms with van der Waals surface area (Å²) < 4.78 is 36.9. The van der Waals surface area contributed by atoms with E-state index in [1.807, 2.05) is 24.3 Å². The highest BCUT2D eigenvalue weighted by molar-refractivity contribution is 7.47. The first-order valence-corrected chi connectivity index (χ1v) is 17.0. The van der Waals surface area contributed by atoms with Crippen LogP contribution in [-0.4, -0.2) is 25.2 Å². The van der Waals surface area contributed by atoms with Crippen molar-refractivity contribution in [1.82, 2.24) is 0 Å². The third-order valence-electron chi connectivity index (χ3n) is 9.51. The van der Waals surface area contributed by atoms with Gasteiger partial charge in [-0.15, -0.1) is 0 Å². The van der Waals surface area contributed by atoms with E-state index in [4.69, 9.17) is 18.5 Å². The lowest BCUT2D eigenvalue weighted by Gasteiger charge is -2.37. The zero-order chi connectivity index (χ0) is 29.6. The Balaban J connectivity index is 1.40. The zero-order valence-electron chi connectivity index (χ0n) is 24.9. The number of methoxy groups -OCH3 is 2. The Morgan fingerprint density at radius 3 is 2.23 bits per heavy atom. The molecule has 6 nitrogen and oxygen atoms in total. The highest BCUT2D eigenvalue weighted by Crippen LogP contribution is 2.59. The Hall–Kier alpha value is -3.31. The largest absolute Gasteiger partial charge is 0.528 e. The molecule has 0 saturated heterocycles. The van der Waals surface area contributed by atoms with E-state index >= 15 is 0 Å². The quantitative estimate of drug-likeness (QED) is 0.289. The zero-order valence-corrected chi connectivity index (χ0v) is 25.8. The number of hydrogen-bond donors (Lipinski definition) is 1. The van der Waals surface area contributed by atoms with Crippen LogP contribution in [0.4, 0.5) is 0 Å². The first kappa shape index (κ1) is 28.5. The lowest BCUT2D eigenvalue weighted by Crippen LogP contribution is -2.30. The number of phosphoric acid groups is 1. The first-order valence-electron chi connectivity index (χ1n) is 15.5. The number of benzene rings is 3. The molecule has 0 bridgehead atoms. The van der Waals surface area contributed by atoms with Crippen molar-refractivity contribution < 1.29 is 28.0 Å². The van der Waals surface area contributed by atoms with Gasteiger partial charge in [0.25, 0.3) is 0 Å². The van der Waals surface area contributed by atoms with Crippen LogP contribution in [0, 0.1) is 5.92 Å². The highest BCUT2D eigenvalue weighted by atomic mass is 31.2. The monoisotopic (exact) mass is 598 g/mol. The van der Waals surface area contributed by atoms with Crippen molar-refractivity contribution in [3.8, 4) is 17.2 Å². The van der Waals surface area contributed by atoms with Gasteiger partial charge in [0.2, 0.25) is 0 Å². The molecule has 3 aliphatic carbocycles. The highest BCUT2D eigenvalue weighted by Gasteiger charge is 2.45. The van der Waals surface area contributed by atoms with Gasteiger partial charge in [0.15, 0.2) is 0 Å². The normalized spacial score (nSPS) is 24.4. The number of ether oxygens (including phenoxy) is 2. The van der Waals surface area contributed by atoms with Crippen LogP contribution in [0.15, 0.2) is 71.8 Å². The molecule has 3 unspecified atom stereocenters. The number of allylic oxidation sites excluding steroid dienone is 2. The van der Waals surface area contributed by atoms with Crippen molar-refractivity contribution in [3.05, 3.63) is 105 Å². The molecule has 3 aromatic carbocycles. The molecule has 4 aliphatic rings. The molecule has 224 valence electrons. The second kappa shape index (κ2) is 11.6. The van der Waals surface area contributed by atoms with Gasteiger partial charge in [0.1, 0.15) is 23.4 Å². The van der Waals surface area contributed by atoms with Crippen LogP contribution in [-0.2, 0) is 34.8 Å². The lowest BCUT2D eigenvalue weighted by atomic mass is 9.70. The molecule has 43 heavy (non-hydrogen) atoms. The fraction of sp³-hybridized carbons (Fsp3) is 0.389. The van der Waals surface area contributed by atoms with Crippen molar-refractivity contribution in [2.75, 3.05) is 14.2 Å². The number of fused-ring (bicyclic) bond motifs is 6. The Bertz CT molecular complexity index is 1640. The van der Waals surface area contributed by atoms with Crippen LogP contribution >= 0.6 is 7.82 Å².